The minimum atomic E-state index is -0.527. The second-order valence-corrected chi connectivity index (χ2v) is 4.59. The Bertz CT molecular complexity index is 419. The van der Waals surface area contributed by atoms with Crippen molar-refractivity contribution in [1.82, 2.24) is 9.97 Å². The van der Waals surface area contributed by atoms with E-state index in [0.717, 1.165) is 12.6 Å². The van der Waals surface area contributed by atoms with E-state index in [1.54, 1.807) is 0 Å². The maximum absolute atomic E-state index is 10.8. The number of nitro groups is 1. The number of hydrogen-bond donors (Lipinski definition) is 2. The van der Waals surface area contributed by atoms with Crippen LogP contribution in [-0.4, -0.2) is 21.4 Å². The Hall–Kier alpha value is -1.92. The van der Waals surface area contributed by atoms with Gasteiger partial charge in [-0.15, -0.1) is 0 Å². The maximum atomic E-state index is 10.8. The summed E-state index contributed by atoms with van der Waals surface area (Å²) < 4.78 is 0. The lowest BCUT2D eigenvalue weighted by Gasteiger charge is -2.22. The normalized spacial score (nSPS) is 11.2. The maximum Gasteiger partial charge on any atom is 0.329 e. The summed E-state index contributed by atoms with van der Waals surface area (Å²) in [5, 5.41) is 13.7. The van der Waals surface area contributed by atoms with Crippen LogP contribution in [0.2, 0.25) is 0 Å². The van der Waals surface area contributed by atoms with Crippen molar-refractivity contribution in [3.05, 3.63) is 16.3 Å². The molecule has 0 spiro atoms. The van der Waals surface area contributed by atoms with Gasteiger partial charge in [0, 0.05) is 6.54 Å². The lowest BCUT2D eigenvalue weighted by Crippen LogP contribution is -2.23. The molecule has 1 heterocycles. The monoisotopic (exact) mass is 239 g/mol. The van der Waals surface area contributed by atoms with E-state index >= 15 is 0 Å². The molecular weight excluding hydrogens is 222 g/mol. The molecule has 1 aromatic heterocycles. The molecule has 0 unspecified atom stereocenters. The first kappa shape index (κ1) is 13.1. The van der Waals surface area contributed by atoms with Gasteiger partial charge in [0.15, 0.2) is 0 Å². The summed E-state index contributed by atoms with van der Waals surface area (Å²) in [6, 6.07) is 0. The zero-order valence-corrected chi connectivity index (χ0v) is 10.2. The number of nitrogens with one attached hydrogen (secondary N) is 1. The Kier molecular flexibility index (Phi) is 3.82. The quantitative estimate of drug-likeness (QED) is 0.599. The first-order chi connectivity index (χ1) is 7.85. The van der Waals surface area contributed by atoms with Crippen LogP contribution in [0, 0.1) is 15.5 Å². The number of nitrogens with two attached hydrogens (primary N) is 1. The van der Waals surface area contributed by atoms with Crippen LogP contribution in [0.15, 0.2) is 6.20 Å². The van der Waals surface area contributed by atoms with E-state index in [9.17, 15) is 10.1 Å². The molecule has 0 amide bonds. The number of nitrogens with zero attached hydrogens (tertiary/aromatic N) is 3. The van der Waals surface area contributed by atoms with Gasteiger partial charge in [-0.05, 0) is 11.8 Å². The lowest BCUT2D eigenvalue weighted by atomic mass is 9.90. The van der Waals surface area contributed by atoms with Gasteiger partial charge >= 0.3 is 5.69 Å². The number of nitrogen functional groups attached to an aromatic ring is 1. The molecule has 17 heavy (non-hydrogen) atoms. The molecule has 0 saturated heterocycles. The molecule has 7 heteroatoms. The van der Waals surface area contributed by atoms with Crippen molar-refractivity contribution in [2.45, 2.75) is 27.2 Å². The van der Waals surface area contributed by atoms with Gasteiger partial charge in [-0.1, -0.05) is 20.8 Å². The van der Waals surface area contributed by atoms with Crippen LogP contribution in [0.3, 0.4) is 0 Å². The molecule has 7 nitrogen and oxygen atoms in total. The highest BCUT2D eigenvalue weighted by molar-refractivity contribution is 5.56. The lowest BCUT2D eigenvalue weighted by molar-refractivity contribution is -0.384. The van der Waals surface area contributed by atoms with Crippen LogP contribution in [-0.2, 0) is 0 Å². The Labute approximate surface area is 99.6 Å². The van der Waals surface area contributed by atoms with Crippen molar-refractivity contribution in [2.24, 2.45) is 5.41 Å². The van der Waals surface area contributed by atoms with E-state index in [0.29, 0.717) is 6.54 Å². The Morgan fingerprint density at radius 3 is 2.76 bits per heavy atom. The average Bonchev–Trinajstić information content (AvgIpc) is 2.26. The highest BCUT2D eigenvalue weighted by atomic mass is 16.6. The first-order valence-electron chi connectivity index (χ1n) is 5.36. The number of aromatic nitrogens is 2. The Morgan fingerprint density at radius 1 is 1.59 bits per heavy atom. The molecule has 1 rings (SSSR count). The zero-order chi connectivity index (χ0) is 13.1. The van der Waals surface area contributed by atoms with Crippen LogP contribution < -0.4 is 11.1 Å². The predicted molar refractivity (Wildman–Crippen MR) is 65.7 cm³/mol. The average molecular weight is 239 g/mol. The topological polar surface area (TPSA) is 107 Å². The van der Waals surface area contributed by atoms with Crippen LogP contribution >= 0.6 is 0 Å². The smallest absolute Gasteiger partial charge is 0.329 e. The summed E-state index contributed by atoms with van der Waals surface area (Å²) in [5.74, 6) is 0.191. The number of rotatable bonds is 5. The predicted octanol–water partition coefficient (Wildman–Crippen LogP) is 1.82. The van der Waals surface area contributed by atoms with E-state index in [4.69, 9.17) is 5.73 Å². The molecule has 0 saturated carbocycles. The standard InChI is InChI=1S/C10H17N5O2/c1-4-10(2,3)6-13-8-7(15(16)17)5-12-9(11)14-8/h5H,4,6H2,1-3H3,(H3,11,12,13,14). The van der Waals surface area contributed by atoms with E-state index in [2.05, 4.69) is 36.1 Å². The summed E-state index contributed by atoms with van der Waals surface area (Å²) >= 11 is 0. The van der Waals surface area contributed by atoms with E-state index in [1.165, 1.54) is 0 Å². The zero-order valence-electron chi connectivity index (χ0n) is 10.2. The summed E-state index contributed by atoms with van der Waals surface area (Å²) in [5.41, 5.74) is 5.29. The fourth-order valence-electron chi connectivity index (χ4n) is 1.10. The molecule has 0 radical (unpaired) electrons. The third kappa shape index (κ3) is 3.54. The van der Waals surface area contributed by atoms with Crippen molar-refractivity contribution in [3.8, 4) is 0 Å². The van der Waals surface area contributed by atoms with Crippen molar-refractivity contribution in [2.75, 3.05) is 17.6 Å². The third-order valence-electron chi connectivity index (χ3n) is 2.68. The van der Waals surface area contributed by atoms with Gasteiger partial charge in [0.1, 0.15) is 6.20 Å². The van der Waals surface area contributed by atoms with Gasteiger partial charge in [-0.3, -0.25) is 10.1 Å². The molecule has 3 N–H and O–H groups in total. The van der Waals surface area contributed by atoms with Crippen LogP contribution in [0.1, 0.15) is 27.2 Å². The molecule has 0 atom stereocenters. The molecule has 0 fully saturated rings. The first-order valence-corrected chi connectivity index (χ1v) is 5.36. The third-order valence-corrected chi connectivity index (χ3v) is 2.68. The second kappa shape index (κ2) is 4.94. The van der Waals surface area contributed by atoms with Crippen molar-refractivity contribution in [1.29, 1.82) is 0 Å². The van der Waals surface area contributed by atoms with Crippen LogP contribution in [0.5, 0.6) is 0 Å². The van der Waals surface area contributed by atoms with Crippen molar-refractivity contribution >= 4 is 17.5 Å². The van der Waals surface area contributed by atoms with Gasteiger partial charge in [-0.25, -0.2) is 4.98 Å². The van der Waals surface area contributed by atoms with Gasteiger partial charge in [-0.2, -0.15) is 4.98 Å². The highest BCUT2D eigenvalue weighted by Crippen LogP contribution is 2.25. The molecule has 0 aliphatic heterocycles. The van der Waals surface area contributed by atoms with Gasteiger partial charge in [0.2, 0.25) is 11.8 Å². The molecule has 94 valence electrons. The van der Waals surface area contributed by atoms with Crippen molar-refractivity contribution < 1.29 is 4.92 Å². The highest BCUT2D eigenvalue weighted by Gasteiger charge is 2.20. The van der Waals surface area contributed by atoms with E-state index in [1.807, 2.05) is 0 Å². The van der Waals surface area contributed by atoms with Gasteiger partial charge in [0.05, 0.1) is 4.92 Å². The second-order valence-electron chi connectivity index (χ2n) is 4.59. The molecule has 0 aliphatic carbocycles. The molecule has 0 aromatic carbocycles. The Balaban J connectivity index is 2.89. The molecular formula is C10H17N5O2. The van der Waals surface area contributed by atoms with E-state index < -0.39 is 4.92 Å². The Morgan fingerprint density at radius 2 is 2.24 bits per heavy atom. The summed E-state index contributed by atoms with van der Waals surface area (Å²) in [6.07, 6.45) is 2.07. The number of anilines is 2. The fraction of sp³-hybridized carbons (Fsp3) is 0.600. The molecule has 0 bridgehead atoms. The molecule has 0 aliphatic rings. The van der Waals surface area contributed by atoms with E-state index in [-0.39, 0.29) is 22.9 Å². The SMILES string of the molecule is CCC(C)(C)CNc1nc(N)ncc1[N+](=O)[O-]. The van der Waals surface area contributed by atoms with Crippen molar-refractivity contribution in [3.63, 3.8) is 0 Å². The minimum Gasteiger partial charge on any atom is -0.368 e. The van der Waals surface area contributed by atoms with Gasteiger partial charge < -0.3 is 11.1 Å². The fourth-order valence-corrected chi connectivity index (χ4v) is 1.10. The van der Waals surface area contributed by atoms with Crippen LogP contribution in [0.25, 0.3) is 0 Å². The van der Waals surface area contributed by atoms with Crippen LogP contribution in [0.4, 0.5) is 17.5 Å². The largest absolute Gasteiger partial charge is 0.368 e. The summed E-state index contributed by atoms with van der Waals surface area (Å²) in [6.45, 7) is 6.78. The molecule has 1 aromatic rings. The summed E-state index contributed by atoms with van der Waals surface area (Å²) in [7, 11) is 0. The summed E-state index contributed by atoms with van der Waals surface area (Å²) in [4.78, 5) is 17.7. The van der Waals surface area contributed by atoms with Gasteiger partial charge in [0.25, 0.3) is 0 Å². The minimum absolute atomic E-state index is 0.0207. The number of hydrogen-bond acceptors (Lipinski definition) is 6.